The van der Waals surface area contributed by atoms with Crippen LogP contribution in [-0.2, 0) is 4.74 Å². The Bertz CT molecular complexity index is 941. The van der Waals surface area contributed by atoms with E-state index in [1.807, 2.05) is 42.6 Å². The summed E-state index contributed by atoms with van der Waals surface area (Å²) >= 11 is 0. The predicted octanol–water partition coefficient (Wildman–Crippen LogP) is 3.11. The second kappa shape index (κ2) is 8.16. The van der Waals surface area contributed by atoms with Crippen molar-refractivity contribution in [2.75, 3.05) is 36.5 Å². The van der Waals surface area contributed by atoms with E-state index < -0.39 is 0 Å². The second-order valence-corrected chi connectivity index (χ2v) is 7.53. The molecule has 1 unspecified atom stereocenters. The Kier molecular flexibility index (Phi) is 5.08. The molecular weight excluding hydrogens is 368 g/mol. The van der Waals surface area contributed by atoms with E-state index >= 15 is 0 Å². The Morgan fingerprint density at radius 1 is 1.00 bits per heavy atom. The van der Waals surface area contributed by atoms with E-state index in [2.05, 4.69) is 25.3 Å². The molecule has 4 heterocycles. The molecule has 3 aromatic rings. The molecule has 150 valence electrons. The van der Waals surface area contributed by atoms with Crippen LogP contribution in [0.3, 0.4) is 0 Å². The summed E-state index contributed by atoms with van der Waals surface area (Å²) in [6.45, 7) is 3.33. The fourth-order valence-corrected chi connectivity index (χ4v) is 3.96. The smallest absolute Gasteiger partial charge is 0.322 e. The number of nitrogens with one attached hydrogen (secondary N) is 1. The number of hydrogen-bond donors (Lipinski definition) is 1. The lowest BCUT2D eigenvalue weighted by Gasteiger charge is -2.23. The molecule has 0 saturated carbocycles. The van der Waals surface area contributed by atoms with E-state index in [1.54, 1.807) is 0 Å². The minimum Gasteiger partial charge on any atom is -0.381 e. The van der Waals surface area contributed by atoms with Crippen molar-refractivity contribution in [3.63, 3.8) is 0 Å². The van der Waals surface area contributed by atoms with E-state index in [-0.39, 0.29) is 6.04 Å². The maximum atomic E-state index is 5.47. The molecule has 1 aromatic carbocycles. The maximum absolute atomic E-state index is 5.47. The van der Waals surface area contributed by atoms with Crippen LogP contribution in [0.15, 0.2) is 47.1 Å². The summed E-state index contributed by atoms with van der Waals surface area (Å²) in [4.78, 5) is 16.0. The maximum Gasteiger partial charge on any atom is 0.322 e. The summed E-state index contributed by atoms with van der Waals surface area (Å²) in [5.74, 6) is 1.86. The normalized spacial score (nSPS) is 20.1. The number of aromatic nitrogens is 4. The van der Waals surface area contributed by atoms with Crippen LogP contribution in [0.4, 0.5) is 12.0 Å². The van der Waals surface area contributed by atoms with E-state index in [9.17, 15) is 0 Å². The number of hydrogen-bond acceptors (Lipinski definition) is 8. The molecule has 0 amide bonds. The van der Waals surface area contributed by atoms with Crippen LogP contribution in [-0.4, -0.2) is 52.5 Å². The molecule has 8 nitrogen and oxygen atoms in total. The molecule has 29 heavy (non-hydrogen) atoms. The first-order chi connectivity index (χ1) is 14.3. The monoisotopic (exact) mass is 392 g/mol. The van der Waals surface area contributed by atoms with Gasteiger partial charge in [-0.1, -0.05) is 35.5 Å². The first kappa shape index (κ1) is 18.1. The summed E-state index contributed by atoms with van der Waals surface area (Å²) < 4.78 is 10.9. The third-order valence-electron chi connectivity index (χ3n) is 5.56. The van der Waals surface area contributed by atoms with Gasteiger partial charge >= 0.3 is 6.01 Å². The summed E-state index contributed by atoms with van der Waals surface area (Å²) in [6, 6.07) is 12.5. The van der Waals surface area contributed by atoms with Gasteiger partial charge < -0.3 is 19.5 Å². The van der Waals surface area contributed by atoms with Crippen LogP contribution in [0, 0.1) is 0 Å². The van der Waals surface area contributed by atoms with Gasteiger partial charge in [-0.15, -0.1) is 0 Å². The zero-order valence-corrected chi connectivity index (χ0v) is 16.2. The van der Waals surface area contributed by atoms with E-state index in [4.69, 9.17) is 14.2 Å². The van der Waals surface area contributed by atoms with Crippen molar-refractivity contribution in [2.45, 2.75) is 31.2 Å². The van der Waals surface area contributed by atoms with Gasteiger partial charge in [0.05, 0.1) is 0 Å². The molecule has 2 aromatic heterocycles. The number of anilines is 2. The van der Waals surface area contributed by atoms with Gasteiger partial charge in [0.15, 0.2) is 0 Å². The van der Waals surface area contributed by atoms with Gasteiger partial charge in [-0.2, -0.15) is 4.98 Å². The van der Waals surface area contributed by atoms with Crippen molar-refractivity contribution in [1.82, 2.24) is 20.1 Å². The first-order valence-electron chi connectivity index (χ1n) is 10.2. The predicted molar refractivity (Wildman–Crippen MR) is 109 cm³/mol. The lowest BCUT2D eigenvalue weighted by molar-refractivity contribution is 0.0845. The molecule has 8 heteroatoms. The average Bonchev–Trinajstić information content (AvgIpc) is 3.45. The SMILES string of the molecule is c1ccc(-c2noc(NC3CCN(c4nccc(C5CCOCC5)n4)C3)n2)cc1. The van der Waals surface area contributed by atoms with Crippen LogP contribution >= 0.6 is 0 Å². The molecule has 0 aliphatic carbocycles. The third kappa shape index (κ3) is 4.07. The van der Waals surface area contributed by atoms with Gasteiger partial charge in [0.25, 0.3) is 0 Å². The molecule has 2 saturated heterocycles. The average molecular weight is 392 g/mol. The molecule has 2 fully saturated rings. The van der Waals surface area contributed by atoms with Crippen LogP contribution in [0.2, 0.25) is 0 Å². The summed E-state index contributed by atoms with van der Waals surface area (Å²) in [5, 5.41) is 7.43. The summed E-state index contributed by atoms with van der Waals surface area (Å²) in [5.41, 5.74) is 2.06. The minimum atomic E-state index is 0.217. The summed E-state index contributed by atoms with van der Waals surface area (Å²) in [7, 11) is 0. The topological polar surface area (TPSA) is 89.2 Å². The second-order valence-electron chi connectivity index (χ2n) is 7.53. The fraction of sp³-hybridized carbons (Fsp3) is 0.429. The molecule has 1 N–H and O–H groups in total. The quantitative estimate of drug-likeness (QED) is 0.708. The van der Waals surface area contributed by atoms with Gasteiger partial charge in [-0.25, -0.2) is 9.97 Å². The zero-order valence-electron chi connectivity index (χ0n) is 16.2. The van der Waals surface area contributed by atoms with Crippen LogP contribution in [0.5, 0.6) is 0 Å². The Morgan fingerprint density at radius 3 is 2.72 bits per heavy atom. The summed E-state index contributed by atoms with van der Waals surface area (Å²) in [6.07, 6.45) is 4.90. The molecule has 0 spiro atoms. The van der Waals surface area contributed by atoms with Crippen LogP contribution in [0.1, 0.15) is 30.9 Å². The molecule has 5 rings (SSSR count). The molecule has 2 aliphatic rings. The molecule has 0 radical (unpaired) electrons. The Balaban J connectivity index is 1.22. The standard InChI is InChI=1S/C21H24N6O2/c1-2-4-16(5-3-1)19-25-21(29-26-19)23-17-7-11-27(14-17)20-22-10-6-18(24-20)15-8-12-28-13-9-15/h1-6,10,15,17H,7-9,11-14H2,(H,23,25,26). The number of ether oxygens (including phenoxy) is 1. The Morgan fingerprint density at radius 2 is 1.86 bits per heavy atom. The zero-order chi connectivity index (χ0) is 19.5. The molecular formula is C21H24N6O2. The van der Waals surface area contributed by atoms with E-state index in [0.717, 1.165) is 62.8 Å². The van der Waals surface area contributed by atoms with Gasteiger partial charge in [-0.3, -0.25) is 0 Å². The van der Waals surface area contributed by atoms with Crippen molar-refractivity contribution in [3.05, 3.63) is 48.3 Å². The Labute approximate surface area is 169 Å². The first-order valence-corrected chi connectivity index (χ1v) is 10.2. The van der Waals surface area contributed by atoms with Gasteiger partial charge in [0.1, 0.15) is 0 Å². The van der Waals surface area contributed by atoms with Gasteiger partial charge in [-0.05, 0) is 25.3 Å². The van der Waals surface area contributed by atoms with Gasteiger partial charge in [0, 0.05) is 55.7 Å². The lowest BCUT2D eigenvalue weighted by atomic mass is 9.96. The van der Waals surface area contributed by atoms with Crippen LogP contribution < -0.4 is 10.2 Å². The highest BCUT2D eigenvalue weighted by molar-refractivity contribution is 5.55. The van der Waals surface area contributed by atoms with Gasteiger partial charge in [0.2, 0.25) is 11.8 Å². The number of nitrogens with zero attached hydrogens (tertiary/aromatic N) is 5. The van der Waals surface area contributed by atoms with Crippen LogP contribution in [0.25, 0.3) is 11.4 Å². The number of benzene rings is 1. The van der Waals surface area contributed by atoms with Crippen molar-refractivity contribution >= 4 is 12.0 Å². The highest BCUT2D eigenvalue weighted by atomic mass is 16.5. The fourth-order valence-electron chi connectivity index (χ4n) is 3.96. The van der Waals surface area contributed by atoms with Crippen molar-refractivity contribution in [1.29, 1.82) is 0 Å². The lowest BCUT2D eigenvalue weighted by Crippen LogP contribution is -2.27. The van der Waals surface area contributed by atoms with Crippen molar-refractivity contribution in [3.8, 4) is 11.4 Å². The van der Waals surface area contributed by atoms with Crippen molar-refractivity contribution < 1.29 is 9.26 Å². The largest absolute Gasteiger partial charge is 0.381 e. The van der Waals surface area contributed by atoms with E-state index in [1.165, 1.54) is 0 Å². The molecule has 0 bridgehead atoms. The minimum absolute atomic E-state index is 0.217. The highest BCUT2D eigenvalue weighted by Gasteiger charge is 2.27. The molecule has 1 atom stereocenters. The molecule has 2 aliphatic heterocycles. The van der Waals surface area contributed by atoms with E-state index in [0.29, 0.717) is 17.8 Å². The number of rotatable bonds is 5. The third-order valence-corrected chi connectivity index (χ3v) is 5.56. The highest BCUT2D eigenvalue weighted by Crippen LogP contribution is 2.27. The van der Waals surface area contributed by atoms with Crippen molar-refractivity contribution in [2.24, 2.45) is 0 Å². The Hall–Kier alpha value is -3.00.